The fourth-order valence-electron chi connectivity index (χ4n) is 4.16. The van der Waals surface area contributed by atoms with Gasteiger partial charge in [0.1, 0.15) is 5.82 Å². The molecule has 0 N–H and O–H groups in total. The van der Waals surface area contributed by atoms with Crippen molar-refractivity contribution < 1.29 is 13.2 Å². The number of fused-ring (bicyclic) bond motifs is 1. The number of aryl methyl sites for hydroxylation is 2. The summed E-state index contributed by atoms with van der Waals surface area (Å²) < 4.78 is 29.6. The summed E-state index contributed by atoms with van der Waals surface area (Å²) in [6.07, 6.45) is 0.883. The maximum atomic E-state index is 13.0. The molecule has 8 nitrogen and oxygen atoms in total. The molecule has 0 saturated carbocycles. The van der Waals surface area contributed by atoms with Crippen molar-refractivity contribution in [2.24, 2.45) is 7.05 Å². The molecule has 2 aromatic carbocycles. The van der Waals surface area contributed by atoms with Crippen molar-refractivity contribution in [1.82, 2.24) is 23.7 Å². The predicted molar refractivity (Wildman–Crippen MR) is 129 cm³/mol. The fraction of sp³-hybridized carbons (Fsp3) is 0.417. The van der Waals surface area contributed by atoms with Crippen LogP contribution in [0.1, 0.15) is 28.7 Å². The SMILES string of the molecule is CCc1ccc(S(=O)(=O)N2CCN(Cc3nc4cc(C(=O)N(C)C)ccc4n3C)CC2)cc1. The summed E-state index contributed by atoms with van der Waals surface area (Å²) in [6.45, 7) is 4.85. The molecule has 1 saturated heterocycles. The molecule has 4 rings (SSSR count). The lowest BCUT2D eigenvalue weighted by atomic mass is 10.2. The zero-order valence-corrected chi connectivity index (χ0v) is 20.5. The number of imidazole rings is 1. The van der Waals surface area contributed by atoms with E-state index in [2.05, 4.69) is 11.8 Å². The largest absolute Gasteiger partial charge is 0.345 e. The summed E-state index contributed by atoms with van der Waals surface area (Å²) >= 11 is 0. The maximum Gasteiger partial charge on any atom is 0.253 e. The zero-order chi connectivity index (χ0) is 23.8. The summed E-state index contributed by atoms with van der Waals surface area (Å²) in [6, 6.07) is 12.8. The molecule has 9 heteroatoms. The second-order valence-electron chi connectivity index (χ2n) is 8.67. The van der Waals surface area contributed by atoms with E-state index < -0.39 is 10.0 Å². The van der Waals surface area contributed by atoms with E-state index in [0.717, 1.165) is 28.8 Å². The Kier molecular flexibility index (Phi) is 6.56. The molecule has 0 bridgehead atoms. The number of hydrogen-bond acceptors (Lipinski definition) is 5. The van der Waals surface area contributed by atoms with Crippen LogP contribution in [-0.2, 0) is 30.0 Å². The van der Waals surface area contributed by atoms with Gasteiger partial charge < -0.3 is 9.47 Å². The molecule has 0 spiro atoms. The highest BCUT2D eigenvalue weighted by atomic mass is 32.2. The van der Waals surface area contributed by atoms with Crippen LogP contribution in [0.2, 0.25) is 0 Å². The molecular weight excluding hydrogens is 438 g/mol. The van der Waals surface area contributed by atoms with Crippen LogP contribution in [0.15, 0.2) is 47.4 Å². The first-order valence-electron chi connectivity index (χ1n) is 11.2. The first kappa shape index (κ1) is 23.4. The van der Waals surface area contributed by atoms with Crippen LogP contribution in [-0.4, -0.2) is 78.3 Å². The van der Waals surface area contributed by atoms with Gasteiger partial charge in [-0.15, -0.1) is 0 Å². The summed E-state index contributed by atoms with van der Waals surface area (Å²) in [5, 5.41) is 0. The number of rotatable bonds is 6. The van der Waals surface area contributed by atoms with E-state index in [0.29, 0.717) is 43.2 Å². The Hall–Kier alpha value is -2.75. The number of hydrogen-bond donors (Lipinski definition) is 0. The van der Waals surface area contributed by atoms with Crippen LogP contribution in [0.5, 0.6) is 0 Å². The van der Waals surface area contributed by atoms with Crippen molar-refractivity contribution in [3.05, 3.63) is 59.4 Å². The lowest BCUT2D eigenvalue weighted by Crippen LogP contribution is -2.48. The number of sulfonamides is 1. The lowest BCUT2D eigenvalue weighted by Gasteiger charge is -2.33. The van der Waals surface area contributed by atoms with Gasteiger partial charge >= 0.3 is 0 Å². The van der Waals surface area contributed by atoms with Crippen molar-refractivity contribution in [3.63, 3.8) is 0 Å². The van der Waals surface area contributed by atoms with Gasteiger partial charge in [0.2, 0.25) is 10.0 Å². The third-order valence-electron chi connectivity index (χ3n) is 6.29. The van der Waals surface area contributed by atoms with Gasteiger partial charge in [-0.05, 0) is 42.3 Å². The van der Waals surface area contributed by atoms with E-state index in [1.165, 1.54) is 0 Å². The van der Waals surface area contributed by atoms with Gasteiger partial charge in [0.15, 0.2) is 0 Å². The first-order chi connectivity index (χ1) is 15.7. The third kappa shape index (κ3) is 4.66. The minimum Gasteiger partial charge on any atom is -0.345 e. The molecule has 1 fully saturated rings. The van der Waals surface area contributed by atoms with Crippen LogP contribution < -0.4 is 0 Å². The number of carbonyl (C=O) groups excluding carboxylic acids is 1. The molecule has 33 heavy (non-hydrogen) atoms. The van der Waals surface area contributed by atoms with Gasteiger partial charge in [-0.2, -0.15) is 4.31 Å². The number of carbonyl (C=O) groups is 1. The highest BCUT2D eigenvalue weighted by Crippen LogP contribution is 2.21. The van der Waals surface area contributed by atoms with E-state index in [9.17, 15) is 13.2 Å². The van der Waals surface area contributed by atoms with E-state index >= 15 is 0 Å². The Bertz CT molecular complexity index is 1260. The number of piperazine rings is 1. The number of aromatic nitrogens is 2. The predicted octanol–water partition coefficient (Wildman–Crippen LogP) is 2.34. The Morgan fingerprint density at radius 1 is 1.03 bits per heavy atom. The average Bonchev–Trinajstić information content (AvgIpc) is 3.13. The monoisotopic (exact) mass is 469 g/mol. The number of nitrogens with zero attached hydrogens (tertiary/aromatic N) is 5. The molecular formula is C24H31N5O3S. The normalized spacial score (nSPS) is 15.8. The van der Waals surface area contributed by atoms with Crippen molar-refractivity contribution in [1.29, 1.82) is 0 Å². The first-order valence-corrected chi connectivity index (χ1v) is 12.6. The third-order valence-corrected chi connectivity index (χ3v) is 8.21. The van der Waals surface area contributed by atoms with Crippen LogP contribution in [0.3, 0.4) is 0 Å². The highest BCUT2D eigenvalue weighted by molar-refractivity contribution is 7.89. The molecule has 1 aliphatic rings. The highest BCUT2D eigenvalue weighted by Gasteiger charge is 2.29. The Balaban J connectivity index is 1.44. The molecule has 0 aliphatic carbocycles. The summed E-state index contributed by atoms with van der Waals surface area (Å²) in [5.41, 5.74) is 3.50. The van der Waals surface area contributed by atoms with Crippen molar-refractivity contribution in [2.75, 3.05) is 40.3 Å². The molecule has 1 amide bonds. The molecule has 0 atom stereocenters. The Morgan fingerprint density at radius 2 is 1.70 bits per heavy atom. The molecule has 176 valence electrons. The topological polar surface area (TPSA) is 78.8 Å². The molecule has 0 radical (unpaired) electrons. The van der Waals surface area contributed by atoms with Gasteiger partial charge in [0, 0.05) is 52.9 Å². The van der Waals surface area contributed by atoms with E-state index in [1.54, 1.807) is 35.4 Å². The van der Waals surface area contributed by atoms with Crippen molar-refractivity contribution in [2.45, 2.75) is 24.8 Å². The molecule has 1 aromatic heterocycles. The van der Waals surface area contributed by atoms with Crippen molar-refractivity contribution in [3.8, 4) is 0 Å². The van der Waals surface area contributed by atoms with E-state index in [1.807, 2.05) is 41.9 Å². The number of benzene rings is 2. The van der Waals surface area contributed by atoms with Crippen LogP contribution in [0.4, 0.5) is 0 Å². The molecule has 3 aromatic rings. The van der Waals surface area contributed by atoms with Crippen molar-refractivity contribution >= 4 is 27.0 Å². The minimum atomic E-state index is -3.48. The molecule has 2 heterocycles. The molecule has 1 aliphatic heterocycles. The van der Waals surface area contributed by atoms with Gasteiger partial charge in [0.05, 0.1) is 22.5 Å². The van der Waals surface area contributed by atoms with Crippen LogP contribution >= 0.6 is 0 Å². The van der Waals surface area contributed by atoms with Crippen LogP contribution in [0.25, 0.3) is 11.0 Å². The maximum absolute atomic E-state index is 13.0. The van der Waals surface area contributed by atoms with E-state index in [4.69, 9.17) is 4.98 Å². The van der Waals surface area contributed by atoms with E-state index in [-0.39, 0.29) is 5.91 Å². The van der Waals surface area contributed by atoms with Gasteiger partial charge in [-0.3, -0.25) is 9.69 Å². The van der Waals surface area contributed by atoms with Gasteiger partial charge in [-0.1, -0.05) is 19.1 Å². The fourth-order valence-corrected chi connectivity index (χ4v) is 5.58. The summed E-state index contributed by atoms with van der Waals surface area (Å²) in [7, 11) is 1.95. The van der Waals surface area contributed by atoms with Gasteiger partial charge in [-0.25, -0.2) is 13.4 Å². The smallest absolute Gasteiger partial charge is 0.253 e. The molecule has 0 unspecified atom stereocenters. The zero-order valence-electron chi connectivity index (χ0n) is 19.7. The lowest BCUT2D eigenvalue weighted by molar-refractivity contribution is 0.0827. The number of amides is 1. The summed E-state index contributed by atoms with van der Waals surface area (Å²) in [5.74, 6) is 0.844. The average molecular weight is 470 g/mol. The minimum absolute atomic E-state index is 0.0502. The van der Waals surface area contributed by atoms with Crippen LogP contribution in [0, 0.1) is 0 Å². The quantitative estimate of drug-likeness (QED) is 0.554. The Morgan fingerprint density at radius 3 is 2.30 bits per heavy atom. The second kappa shape index (κ2) is 9.24. The van der Waals surface area contributed by atoms with Gasteiger partial charge in [0.25, 0.3) is 5.91 Å². The second-order valence-corrected chi connectivity index (χ2v) is 10.6. The standard InChI is InChI=1S/C24H31N5O3S/c1-5-18-6-9-20(10-7-18)33(31,32)29-14-12-28(13-15-29)17-23-25-21-16-19(24(30)26(2)3)8-11-22(21)27(23)4/h6-11,16H,5,12-15,17H2,1-4H3. The summed E-state index contributed by atoms with van der Waals surface area (Å²) in [4.78, 5) is 21.2. The Labute approximate surface area is 195 Å².